The maximum absolute atomic E-state index is 11.5. The molecule has 1 amide bonds. The van der Waals surface area contributed by atoms with Crippen molar-refractivity contribution in [2.75, 3.05) is 6.54 Å². The maximum atomic E-state index is 11.5. The normalized spacial score (nSPS) is 23.6. The first-order chi connectivity index (χ1) is 6.60. The van der Waals surface area contributed by atoms with E-state index in [9.17, 15) is 9.59 Å². The Morgan fingerprint density at radius 2 is 2.50 bits per heavy atom. The molecular weight excluding hydrogens is 182 g/mol. The van der Waals surface area contributed by atoms with Gasteiger partial charge in [0.1, 0.15) is 6.04 Å². The van der Waals surface area contributed by atoms with Crippen LogP contribution < -0.4 is 0 Å². The number of hydrogen-bond acceptors (Lipinski definition) is 2. The largest absolute Gasteiger partial charge is 0.480 e. The fourth-order valence-electron chi connectivity index (χ4n) is 1.75. The molecule has 0 spiro atoms. The van der Waals surface area contributed by atoms with Gasteiger partial charge >= 0.3 is 5.97 Å². The monoisotopic (exact) mass is 197 g/mol. The Bertz CT molecular complexity index is 262. The van der Waals surface area contributed by atoms with E-state index >= 15 is 0 Å². The molecule has 1 aliphatic heterocycles. The molecule has 78 valence electrons. The van der Waals surface area contributed by atoms with Crippen LogP contribution in [0.3, 0.4) is 0 Å². The highest BCUT2D eigenvalue weighted by Gasteiger charge is 2.35. The molecule has 14 heavy (non-hydrogen) atoms. The number of aliphatic carboxylic acids is 1. The molecule has 2 unspecified atom stereocenters. The fraction of sp³-hybridized carbons (Fsp3) is 0.600. The van der Waals surface area contributed by atoms with Crippen LogP contribution in [0.25, 0.3) is 0 Å². The number of carbonyl (C=O) groups excluding carboxylic acids is 1. The molecule has 0 saturated carbocycles. The molecule has 0 bridgehead atoms. The van der Waals surface area contributed by atoms with Crippen molar-refractivity contribution >= 4 is 11.9 Å². The summed E-state index contributed by atoms with van der Waals surface area (Å²) in [7, 11) is 0. The van der Waals surface area contributed by atoms with E-state index in [1.807, 2.05) is 0 Å². The van der Waals surface area contributed by atoms with Crippen molar-refractivity contribution in [3.05, 3.63) is 12.7 Å². The van der Waals surface area contributed by atoms with Gasteiger partial charge in [0.05, 0.1) is 0 Å². The van der Waals surface area contributed by atoms with Gasteiger partial charge in [-0.25, -0.2) is 4.79 Å². The summed E-state index contributed by atoms with van der Waals surface area (Å²) >= 11 is 0. The van der Waals surface area contributed by atoms with Crippen LogP contribution in [0, 0.1) is 5.92 Å². The summed E-state index contributed by atoms with van der Waals surface area (Å²) in [5.41, 5.74) is 0. The average Bonchev–Trinajstić information content (AvgIpc) is 2.48. The zero-order chi connectivity index (χ0) is 10.7. The molecular formula is C10H15NO3. The molecule has 1 heterocycles. The molecule has 1 saturated heterocycles. The molecule has 4 nitrogen and oxygen atoms in total. The summed E-state index contributed by atoms with van der Waals surface area (Å²) in [6.07, 6.45) is 2.56. The summed E-state index contributed by atoms with van der Waals surface area (Å²) in [5.74, 6) is -0.898. The molecule has 0 aromatic carbocycles. The van der Waals surface area contributed by atoms with Crippen molar-refractivity contribution in [3.8, 4) is 0 Å². The Morgan fingerprint density at radius 1 is 1.86 bits per heavy atom. The molecule has 0 aromatic heterocycles. The standard InChI is InChI=1S/C10H15NO3/c1-3-7-5-9(12)11(6-7)8(4-2)10(13)14/h3,7-8H,1,4-6H2,2H3,(H,13,14). The first-order valence-electron chi connectivity index (χ1n) is 4.75. The Balaban J connectivity index is 2.72. The van der Waals surface area contributed by atoms with E-state index in [4.69, 9.17) is 5.11 Å². The van der Waals surface area contributed by atoms with Gasteiger partial charge in [0.25, 0.3) is 0 Å². The first-order valence-corrected chi connectivity index (χ1v) is 4.75. The molecule has 1 rings (SSSR count). The predicted molar refractivity (Wildman–Crippen MR) is 51.7 cm³/mol. The van der Waals surface area contributed by atoms with Crippen molar-refractivity contribution < 1.29 is 14.7 Å². The lowest BCUT2D eigenvalue weighted by atomic mass is 10.1. The molecule has 0 aromatic rings. The van der Waals surface area contributed by atoms with Crippen LogP contribution in [-0.2, 0) is 9.59 Å². The first kappa shape index (κ1) is 10.8. The molecule has 1 aliphatic rings. The molecule has 0 aliphatic carbocycles. The molecule has 2 atom stereocenters. The van der Waals surface area contributed by atoms with E-state index in [1.165, 1.54) is 4.90 Å². The molecule has 1 N–H and O–H groups in total. The van der Waals surface area contributed by atoms with Crippen molar-refractivity contribution in [1.29, 1.82) is 0 Å². The van der Waals surface area contributed by atoms with Crippen LogP contribution in [0.15, 0.2) is 12.7 Å². The number of carboxylic acids is 1. The summed E-state index contributed by atoms with van der Waals surface area (Å²) < 4.78 is 0. The number of nitrogens with zero attached hydrogens (tertiary/aromatic N) is 1. The SMILES string of the molecule is C=CC1CC(=O)N(C(CC)C(=O)O)C1. The number of carboxylic acid groups (broad SMARTS) is 1. The van der Waals surface area contributed by atoms with Crippen LogP contribution >= 0.6 is 0 Å². The topological polar surface area (TPSA) is 57.6 Å². The van der Waals surface area contributed by atoms with Gasteiger partial charge in [0.2, 0.25) is 5.91 Å². The van der Waals surface area contributed by atoms with Crippen LogP contribution in [0.5, 0.6) is 0 Å². The Hall–Kier alpha value is -1.32. The summed E-state index contributed by atoms with van der Waals surface area (Å²) in [6.45, 7) is 5.88. The van der Waals surface area contributed by atoms with E-state index in [0.29, 0.717) is 19.4 Å². The molecule has 4 heteroatoms. The van der Waals surface area contributed by atoms with Crippen LogP contribution in [0.4, 0.5) is 0 Å². The molecule has 0 radical (unpaired) electrons. The zero-order valence-electron chi connectivity index (χ0n) is 8.27. The van der Waals surface area contributed by atoms with Crippen molar-refractivity contribution in [1.82, 2.24) is 4.90 Å². The van der Waals surface area contributed by atoms with Gasteiger partial charge in [-0.2, -0.15) is 0 Å². The minimum absolute atomic E-state index is 0.0795. The highest BCUT2D eigenvalue weighted by molar-refractivity contribution is 5.85. The highest BCUT2D eigenvalue weighted by Crippen LogP contribution is 2.22. The number of hydrogen-bond donors (Lipinski definition) is 1. The third-order valence-corrected chi connectivity index (χ3v) is 2.57. The van der Waals surface area contributed by atoms with E-state index in [2.05, 4.69) is 6.58 Å². The lowest BCUT2D eigenvalue weighted by Crippen LogP contribution is -2.41. The van der Waals surface area contributed by atoms with Crippen LogP contribution in [0.1, 0.15) is 19.8 Å². The Kier molecular flexibility index (Phi) is 3.28. The summed E-state index contributed by atoms with van der Waals surface area (Å²) in [4.78, 5) is 23.7. The maximum Gasteiger partial charge on any atom is 0.326 e. The smallest absolute Gasteiger partial charge is 0.326 e. The van der Waals surface area contributed by atoms with Gasteiger partial charge in [-0.05, 0) is 6.42 Å². The number of rotatable bonds is 4. The minimum atomic E-state index is -0.925. The Morgan fingerprint density at radius 3 is 2.86 bits per heavy atom. The number of carbonyl (C=O) groups is 2. The Labute approximate surface area is 83.2 Å². The fourth-order valence-corrected chi connectivity index (χ4v) is 1.75. The lowest BCUT2D eigenvalue weighted by molar-refractivity contribution is -0.148. The second-order valence-corrected chi connectivity index (χ2v) is 3.51. The minimum Gasteiger partial charge on any atom is -0.480 e. The van der Waals surface area contributed by atoms with Crippen molar-refractivity contribution in [3.63, 3.8) is 0 Å². The van der Waals surface area contributed by atoms with E-state index in [-0.39, 0.29) is 11.8 Å². The molecule has 1 fully saturated rings. The predicted octanol–water partition coefficient (Wildman–Crippen LogP) is 0.884. The average molecular weight is 197 g/mol. The lowest BCUT2D eigenvalue weighted by Gasteiger charge is -2.23. The highest BCUT2D eigenvalue weighted by atomic mass is 16.4. The third kappa shape index (κ3) is 1.95. The van der Waals surface area contributed by atoms with E-state index in [1.54, 1.807) is 13.0 Å². The summed E-state index contributed by atoms with van der Waals surface area (Å²) in [6, 6.07) is -0.674. The van der Waals surface area contributed by atoms with Gasteiger partial charge in [-0.1, -0.05) is 13.0 Å². The van der Waals surface area contributed by atoms with Gasteiger partial charge in [0.15, 0.2) is 0 Å². The van der Waals surface area contributed by atoms with Gasteiger partial charge in [0, 0.05) is 18.9 Å². The van der Waals surface area contributed by atoms with Crippen molar-refractivity contribution in [2.24, 2.45) is 5.92 Å². The number of amides is 1. The quantitative estimate of drug-likeness (QED) is 0.681. The third-order valence-electron chi connectivity index (χ3n) is 2.57. The van der Waals surface area contributed by atoms with Crippen molar-refractivity contribution in [2.45, 2.75) is 25.8 Å². The van der Waals surface area contributed by atoms with Crippen LogP contribution in [-0.4, -0.2) is 34.5 Å². The van der Waals surface area contributed by atoms with Gasteiger partial charge in [-0.15, -0.1) is 6.58 Å². The van der Waals surface area contributed by atoms with Gasteiger partial charge in [-0.3, -0.25) is 4.79 Å². The second kappa shape index (κ2) is 4.26. The van der Waals surface area contributed by atoms with E-state index in [0.717, 1.165) is 0 Å². The van der Waals surface area contributed by atoms with Crippen LogP contribution in [0.2, 0.25) is 0 Å². The second-order valence-electron chi connectivity index (χ2n) is 3.51. The zero-order valence-corrected chi connectivity index (χ0v) is 8.27. The van der Waals surface area contributed by atoms with Gasteiger partial charge < -0.3 is 10.0 Å². The van der Waals surface area contributed by atoms with E-state index < -0.39 is 12.0 Å². The summed E-state index contributed by atoms with van der Waals surface area (Å²) in [5, 5.41) is 8.89. The number of likely N-dealkylation sites (tertiary alicyclic amines) is 1.